The van der Waals surface area contributed by atoms with E-state index in [9.17, 15) is 5.11 Å². The van der Waals surface area contributed by atoms with Crippen LogP contribution in [0.5, 0.6) is 0 Å². The Kier molecular flexibility index (Phi) is 4.57. The number of halogens is 3. The first-order chi connectivity index (χ1) is 8.97. The molecule has 100 valence electrons. The zero-order valence-corrected chi connectivity index (χ0v) is 13.4. The van der Waals surface area contributed by atoms with Gasteiger partial charge in [0, 0.05) is 20.1 Å². The van der Waals surface area contributed by atoms with Crippen LogP contribution in [0.4, 0.5) is 0 Å². The summed E-state index contributed by atoms with van der Waals surface area (Å²) in [6.45, 7) is 1.91. The lowest BCUT2D eigenvalue weighted by atomic mass is 9.84. The Hall–Kier alpha value is -0.540. The van der Waals surface area contributed by atoms with Crippen molar-refractivity contribution in [1.82, 2.24) is 0 Å². The predicted molar refractivity (Wildman–Crippen MR) is 83.9 cm³/mol. The van der Waals surface area contributed by atoms with Crippen molar-refractivity contribution in [2.24, 2.45) is 0 Å². The van der Waals surface area contributed by atoms with Gasteiger partial charge in [0.15, 0.2) is 0 Å². The summed E-state index contributed by atoms with van der Waals surface area (Å²) in [4.78, 5) is 0. The molecule has 1 nitrogen and oxygen atoms in total. The molecule has 1 N–H and O–H groups in total. The second-order valence-electron chi connectivity index (χ2n) is 4.35. The summed E-state index contributed by atoms with van der Waals surface area (Å²) in [6.07, 6.45) is 0.503. The fourth-order valence-electron chi connectivity index (χ4n) is 2.11. The van der Waals surface area contributed by atoms with Crippen molar-refractivity contribution < 1.29 is 5.11 Å². The molecule has 0 aliphatic carbocycles. The van der Waals surface area contributed by atoms with Gasteiger partial charge in [-0.3, -0.25) is 0 Å². The average molecular weight is 360 g/mol. The minimum atomic E-state index is -1.15. The number of aliphatic hydroxyl groups is 1. The Morgan fingerprint density at radius 1 is 1.16 bits per heavy atom. The van der Waals surface area contributed by atoms with Crippen LogP contribution in [0.1, 0.15) is 24.5 Å². The molecule has 2 rings (SSSR count). The molecular formula is C15H13BrCl2O. The molecule has 2 aromatic carbocycles. The molecule has 1 atom stereocenters. The third-order valence-electron chi connectivity index (χ3n) is 3.19. The van der Waals surface area contributed by atoms with Gasteiger partial charge in [-0.1, -0.05) is 58.2 Å². The molecule has 19 heavy (non-hydrogen) atoms. The lowest BCUT2D eigenvalue weighted by Crippen LogP contribution is -2.26. The molecule has 0 fully saturated rings. The Morgan fingerprint density at radius 2 is 1.89 bits per heavy atom. The molecule has 0 aromatic heterocycles. The first-order valence-electron chi connectivity index (χ1n) is 5.91. The summed E-state index contributed by atoms with van der Waals surface area (Å²) in [6, 6.07) is 12.7. The maximum Gasteiger partial charge on any atom is 0.116 e. The Morgan fingerprint density at radius 3 is 2.53 bits per heavy atom. The molecule has 0 spiro atoms. The Bertz CT molecular complexity index is 600. The molecule has 0 heterocycles. The average Bonchev–Trinajstić information content (AvgIpc) is 2.40. The van der Waals surface area contributed by atoms with Gasteiger partial charge < -0.3 is 5.11 Å². The SMILES string of the molecule is CCC(O)(c1cccc(Br)c1)c1cc(Cl)ccc1Cl. The summed E-state index contributed by atoms with van der Waals surface area (Å²) in [7, 11) is 0. The van der Waals surface area contributed by atoms with Crippen molar-refractivity contribution in [3.63, 3.8) is 0 Å². The lowest BCUT2D eigenvalue weighted by Gasteiger charge is -2.29. The van der Waals surface area contributed by atoms with E-state index in [-0.39, 0.29) is 0 Å². The van der Waals surface area contributed by atoms with Crippen LogP contribution in [-0.4, -0.2) is 5.11 Å². The minimum absolute atomic E-state index is 0.503. The molecular weight excluding hydrogens is 347 g/mol. The van der Waals surface area contributed by atoms with Gasteiger partial charge in [-0.2, -0.15) is 0 Å². The summed E-state index contributed by atoms with van der Waals surface area (Å²) < 4.78 is 0.912. The van der Waals surface area contributed by atoms with E-state index in [0.29, 0.717) is 22.0 Å². The van der Waals surface area contributed by atoms with E-state index in [4.69, 9.17) is 23.2 Å². The van der Waals surface area contributed by atoms with Crippen LogP contribution in [0.3, 0.4) is 0 Å². The van der Waals surface area contributed by atoms with Gasteiger partial charge in [-0.05, 0) is 42.3 Å². The normalized spacial score (nSPS) is 14.2. The molecule has 0 saturated carbocycles. The van der Waals surface area contributed by atoms with E-state index in [1.54, 1.807) is 18.2 Å². The minimum Gasteiger partial charge on any atom is -0.380 e. The predicted octanol–water partition coefficient (Wildman–Crippen LogP) is 5.40. The highest BCUT2D eigenvalue weighted by atomic mass is 79.9. The van der Waals surface area contributed by atoms with Crippen LogP contribution in [0.25, 0.3) is 0 Å². The van der Waals surface area contributed by atoms with Crippen LogP contribution in [0.2, 0.25) is 10.0 Å². The van der Waals surface area contributed by atoms with Crippen molar-refractivity contribution >= 4 is 39.1 Å². The zero-order valence-electron chi connectivity index (χ0n) is 10.3. The second-order valence-corrected chi connectivity index (χ2v) is 6.11. The molecule has 4 heteroatoms. The van der Waals surface area contributed by atoms with Crippen LogP contribution in [-0.2, 0) is 5.60 Å². The summed E-state index contributed by atoms with van der Waals surface area (Å²) in [5.74, 6) is 0. The highest BCUT2D eigenvalue weighted by molar-refractivity contribution is 9.10. The van der Waals surface area contributed by atoms with Gasteiger partial charge in [-0.15, -0.1) is 0 Å². The Labute approximate surface area is 131 Å². The van der Waals surface area contributed by atoms with Crippen LogP contribution >= 0.6 is 39.1 Å². The van der Waals surface area contributed by atoms with E-state index in [0.717, 1.165) is 10.0 Å². The maximum absolute atomic E-state index is 11.0. The first-order valence-corrected chi connectivity index (χ1v) is 7.46. The number of benzene rings is 2. The van der Waals surface area contributed by atoms with Crippen molar-refractivity contribution in [1.29, 1.82) is 0 Å². The van der Waals surface area contributed by atoms with E-state index >= 15 is 0 Å². The van der Waals surface area contributed by atoms with Crippen LogP contribution < -0.4 is 0 Å². The molecule has 0 saturated heterocycles. The molecule has 0 radical (unpaired) electrons. The summed E-state index contributed by atoms with van der Waals surface area (Å²) in [5, 5.41) is 12.1. The van der Waals surface area contributed by atoms with Gasteiger partial charge in [0.2, 0.25) is 0 Å². The fraction of sp³-hybridized carbons (Fsp3) is 0.200. The Balaban J connectivity index is 2.62. The van der Waals surface area contributed by atoms with Gasteiger partial charge in [0.25, 0.3) is 0 Å². The maximum atomic E-state index is 11.0. The van der Waals surface area contributed by atoms with Gasteiger partial charge in [0.05, 0.1) is 0 Å². The third kappa shape index (κ3) is 2.97. The fourth-order valence-corrected chi connectivity index (χ4v) is 2.96. The quantitative estimate of drug-likeness (QED) is 0.777. The van der Waals surface area contributed by atoms with Crippen LogP contribution in [0, 0.1) is 0 Å². The highest BCUT2D eigenvalue weighted by Gasteiger charge is 2.32. The zero-order chi connectivity index (χ0) is 14.0. The van der Waals surface area contributed by atoms with Gasteiger partial charge in [0.1, 0.15) is 5.60 Å². The molecule has 2 aromatic rings. The van der Waals surface area contributed by atoms with Crippen molar-refractivity contribution in [2.75, 3.05) is 0 Å². The van der Waals surface area contributed by atoms with Gasteiger partial charge >= 0.3 is 0 Å². The topological polar surface area (TPSA) is 20.2 Å². The van der Waals surface area contributed by atoms with E-state index in [1.807, 2.05) is 31.2 Å². The van der Waals surface area contributed by atoms with E-state index in [2.05, 4.69) is 15.9 Å². The van der Waals surface area contributed by atoms with Crippen molar-refractivity contribution in [2.45, 2.75) is 18.9 Å². The van der Waals surface area contributed by atoms with Crippen molar-refractivity contribution in [3.8, 4) is 0 Å². The smallest absolute Gasteiger partial charge is 0.116 e. The van der Waals surface area contributed by atoms with Gasteiger partial charge in [-0.25, -0.2) is 0 Å². The van der Waals surface area contributed by atoms with E-state index in [1.165, 1.54) is 0 Å². The highest BCUT2D eigenvalue weighted by Crippen LogP contribution is 2.38. The van der Waals surface area contributed by atoms with Crippen molar-refractivity contribution in [3.05, 3.63) is 68.1 Å². The largest absolute Gasteiger partial charge is 0.380 e. The lowest BCUT2D eigenvalue weighted by molar-refractivity contribution is 0.0766. The third-order valence-corrected chi connectivity index (χ3v) is 4.25. The number of rotatable bonds is 3. The second kappa shape index (κ2) is 5.84. The van der Waals surface area contributed by atoms with E-state index < -0.39 is 5.60 Å². The standard InChI is InChI=1S/C15H13BrCl2O/c1-2-15(19,10-4-3-5-11(16)8-10)13-9-12(17)6-7-14(13)18/h3-9,19H,2H2,1H3. The molecule has 1 unspecified atom stereocenters. The summed E-state index contributed by atoms with van der Waals surface area (Å²) >= 11 is 15.7. The summed E-state index contributed by atoms with van der Waals surface area (Å²) in [5.41, 5.74) is 0.266. The first kappa shape index (κ1) is 14.9. The number of hydrogen-bond donors (Lipinski definition) is 1. The molecule has 0 aliphatic heterocycles. The monoisotopic (exact) mass is 358 g/mol. The number of hydrogen-bond acceptors (Lipinski definition) is 1. The van der Waals surface area contributed by atoms with Crippen LogP contribution in [0.15, 0.2) is 46.9 Å². The molecule has 0 bridgehead atoms. The molecule has 0 aliphatic rings. The molecule has 0 amide bonds.